The van der Waals surface area contributed by atoms with Gasteiger partial charge in [0.1, 0.15) is 0 Å². The molecule has 1 aromatic carbocycles. The summed E-state index contributed by atoms with van der Waals surface area (Å²) >= 11 is 3.28. The van der Waals surface area contributed by atoms with Gasteiger partial charge in [-0.05, 0) is 12.2 Å². The molecule has 2 rings (SSSR count). The predicted molar refractivity (Wildman–Crippen MR) is 66.7 cm³/mol. The SMILES string of the molecule is Brc1ccc[cH-]1.CCOC([O-])=C1C=CC=C1.[Fe+2]. The van der Waals surface area contributed by atoms with Crippen LogP contribution in [0, 0.1) is 0 Å². The molecule has 1 aromatic rings. The van der Waals surface area contributed by atoms with Gasteiger partial charge in [0.2, 0.25) is 0 Å². The first-order chi connectivity index (χ1) is 7.74. The molecule has 0 radical (unpaired) electrons. The van der Waals surface area contributed by atoms with Crippen molar-refractivity contribution in [3.05, 3.63) is 64.6 Å². The number of allylic oxidation sites excluding steroid dienone is 5. The molecule has 4 heteroatoms. The van der Waals surface area contributed by atoms with E-state index in [0.717, 1.165) is 4.47 Å². The van der Waals surface area contributed by atoms with Gasteiger partial charge in [-0.3, -0.25) is 0 Å². The monoisotopic (exact) mass is 336 g/mol. The second kappa shape index (κ2) is 9.23. The Labute approximate surface area is 121 Å². The molecule has 0 amide bonds. The standard InChI is InChI=1S/C8H10O2.C5H4Br.Fe/c1-2-10-8(9)7-5-3-4-6-7;6-5-3-1-2-4-5;/h3-6,9H,2H2,1H3;1-4H;/q;-1;+2/p-1. The molecule has 0 saturated carbocycles. The second-order valence-corrected chi connectivity index (χ2v) is 3.91. The Kier molecular flexibility index (Phi) is 8.77. The van der Waals surface area contributed by atoms with Crippen LogP contribution < -0.4 is 5.11 Å². The first kappa shape index (κ1) is 16.2. The molecular formula is C13H13BrFeO2. The minimum atomic E-state index is -0.243. The molecule has 0 N–H and O–H groups in total. The maximum atomic E-state index is 10.9. The molecule has 0 spiro atoms. The first-order valence-electron chi connectivity index (χ1n) is 5.00. The van der Waals surface area contributed by atoms with Crippen LogP contribution in [0.25, 0.3) is 0 Å². The molecule has 0 atom stereocenters. The van der Waals surface area contributed by atoms with Gasteiger partial charge in [0, 0.05) is 0 Å². The summed E-state index contributed by atoms with van der Waals surface area (Å²) in [7, 11) is 0. The summed E-state index contributed by atoms with van der Waals surface area (Å²) < 4.78 is 5.90. The molecule has 92 valence electrons. The van der Waals surface area contributed by atoms with E-state index >= 15 is 0 Å². The number of ether oxygens (including phenoxy) is 1. The van der Waals surface area contributed by atoms with Gasteiger partial charge < -0.3 is 9.84 Å². The van der Waals surface area contributed by atoms with Gasteiger partial charge in [-0.25, -0.2) is 6.07 Å². The Morgan fingerprint density at radius 2 is 2.06 bits per heavy atom. The Morgan fingerprint density at radius 3 is 2.41 bits per heavy atom. The first-order valence-corrected chi connectivity index (χ1v) is 5.79. The fraction of sp³-hybridized carbons (Fsp3) is 0.154. The van der Waals surface area contributed by atoms with Crippen LogP contribution in [0.3, 0.4) is 0 Å². The predicted octanol–water partition coefficient (Wildman–Crippen LogP) is 2.89. The van der Waals surface area contributed by atoms with E-state index in [-0.39, 0.29) is 23.0 Å². The molecule has 0 aromatic heterocycles. The smallest absolute Gasteiger partial charge is 0.613 e. The van der Waals surface area contributed by atoms with Gasteiger partial charge in [0.05, 0.1) is 5.95 Å². The van der Waals surface area contributed by atoms with Crippen LogP contribution in [0.1, 0.15) is 6.92 Å². The summed E-state index contributed by atoms with van der Waals surface area (Å²) in [6.07, 6.45) is 7.09. The second-order valence-electron chi connectivity index (χ2n) is 3.00. The van der Waals surface area contributed by atoms with Crippen LogP contribution >= 0.6 is 15.9 Å². The average Bonchev–Trinajstić information content (AvgIpc) is 2.90. The van der Waals surface area contributed by atoms with E-state index in [9.17, 15) is 5.11 Å². The fourth-order valence-electron chi connectivity index (χ4n) is 1.08. The summed E-state index contributed by atoms with van der Waals surface area (Å²) in [5.41, 5.74) is 0.627. The van der Waals surface area contributed by atoms with Crippen LogP contribution in [-0.4, -0.2) is 6.61 Å². The third kappa shape index (κ3) is 6.47. The van der Waals surface area contributed by atoms with Crippen LogP contribution in [-0.2, 0) is 21.8 Å². The maximum Gasteiger partial charge on any atom is 2.00 e. The zero-order valence-electron chi connectivity index (χ0n) is 9.37. The van der Waals surface area contributed by atoms with Gasteiger partial charge in [-0.15, -0.1) is 4.47 Å². The average molecular weight is 337 g/mol. The van der Waals surface area contributed by atoms with Crippen molar-refractivity contribution in [2.24, 2.45) is 0 Å². The Morgan fingerprint density at radius 1 is 1.41 bits per heavy atom. The largest absolute Gasteiger partial charge is 2.00 e. The van der Waals surface area contributed by atoms with Crippen molar-refractivity contribution in [2.75, 3.05) is 6.61 Å². The van der Waals surface area contributed by atoms with Crippen molar-refractivity contribution in [3.8, 4) is 0 Å². The van der Waals surface area contributed by atoms with E-state index in [0.29, 0.717) is 12.2 Å². The number of hydrogen-bond acceptors (Lipinski definition) is 2. The number of rotatable bonds is 2. The van der Waals surface area contributed by atoms with E-state index in [2.05, 4.69) is 15.9 Å². The normalized spacial score (nSPS) is 11.5. The molecule has 1 aliphatic rings. The third-order valence-electron chi connectivity index (χ3n) is 1.80. The molecule has 0 bridgehead atoms. The van der Waals surface area contributed by atoms with Crippen molar-refractivity contribution in [2.45, 2.75) is 6.92 Å². The van der Waals surface area contributed by atoms with Gasteiger partial charge in [0.15, 0.2) is 0 Å². The van der Waals surface area contributed by atoms with E-state index in [1.165, 1.54) is 0 Å². The summed E-state index contributed by atoms with van der Waals surface area (Å²) in [6, 6.07) is 7.98. The zero-order chi connectivity index (χ0) is 11.8. The topological polar surface area (TPSA) is 32.3 Å². The third-order valence-corrected chi connectivity index (χ3v) is 2.32. The van der Waals surface area contributed by atoms with Gasteiger partial charge >= 0.3 is 17.1 Å². The summed E-state index contributed by atoms with van der Waals surface area (Å²) in [5.74, 6) is -0.243. The fourth-order valence-corrected chi connectivity index (χ4v) is 1.38. The van der Waals surface area contributed by atoms with E-state index in [4.69, 9.17) is 4.74 Å². The Hall–Kier alpha value is -0.831. The van der Waals surface area contributed by atoms with Crippen molar-refractivity contribution < 1.29 is 26.9 Å². The maximum absolute atomic E-state index is 10.9. The summed E-state index contributed by atoms with van der Waals surface area (Å²) in [6.45, 7) is 2.23. The van der Waals surface area contributed by atoms with Crippen molar-refractivity contribution in [1.82, 2.24) is 0 Å². The minimum Gasteiger partial charge on any atom is -0.613 e. The molecular weight excluding hydrogens is 324 g/mol. The quantitative estimate of drug-likeness (QED) is 0.472. The zero-order valence-corrected chi connectivity index (χ0v) is 12.1. The van der Waals surface area contributed by atoms with Crippen molar-refractivity contribution in [3.63, 3.8) is 0 Å². The number of hydrogen-bond donors (Lipinski definition) is 0. The van der Waals surface area contributed by atoms with Crippen LogP contribution in [0.15, 0.2) is 64.6 Å². The van der Waals surface area contributed by atoms with Crippen LogP contribution in [0.2, 0.25) is 0 Å². The summed E-state index contributed by atoms with van der Waals surface area (Å²) in [5, 5.41) is 10.9. The molecule has 2 nitrogen and oxygen atoms in total. The molecule has 0 unspecified atom stereocenters. The van der Waals surface area contributed by atoms with Crippen molar-refractivity contribution >= 4 is 15.9 Å². The Bertz CT molecular complexity index is 378. The molecule has 0 heterocycles. The van der Waals surface area contributed by atoms with Gasteiger partial charge in [-0.2, -0.15) is 18.2 Å². The van der Waals surface area contributed by atoms with Gasteiger partial charge in [0.25, 0.3) is 0 Å². The van der Waals surface area contributed by atoms with Crippen LogP contribution in [0.4, 0.5) is 0 Å². The van der Waals surface area contributed by atoms with Gasteiger partial charge in [-0.1, -0.05) is 47.2 Å². The van der Waals surface area contributed by atoms with E-state index in [1.54, 1.807) is 19.1 Å². The van der Waals surface area contributed by atoms with E-state index in [1.807, 2.05) is 36.4 Å². The van der Waals surface area contributed by atoms with Crippen molar-refractivity contribution in [1.29, 1.82) is 0 Å². The molecule has 0 aliphatic heterocycles. The summed E-state index contributed by atoms with van der Waals surface area (Å²) in [4.78, 5) is 0. The Balaban J connectivity index is 0.000000316. The van der Waals surface area contributed by atoms with E-state index < -0.39 is 0 Å². The molecule has 0 saturated heterocycles. The van der Waals surface area contributed by atoms with Crippen LogP contribution in [0.5, 0.6) is 0 Å². The minimum absolute atomic E-state index is 0. The molecule has 17 heavy (non-hydrogen) atoms. The molecule has 0 fully saturated rings. The number of halogens is 1. The molecule has 1 aliphatic carbocycles.